The first-order valence-electron chi connectivity index (χ1n) is 9.32. The molecule has 1 fully saturated rings. The Morgan fingerprint density at radius 2 is 2.00 bits per heavy atom. The van der Waals surface area contributed by atoms with Crippen LogP contribution < -0.4 is 4.90 Å². The monoisotopic (exact) mass is 402 g/mol. The summed E-state index contributed by atoms with van der Waals surface area (Å²) in [7, 11) is 1.73. The van der Waals surface area contributed by atoms with Gasteiger partial charge in [-0.2, -0.15) is 18.4 Å². The van der Waals surface area contributed by atoms with Gasteiger partial charge in [0.1, 0.15) is 5.82 Å². The SMILES string of the molecule is CN(CC1CCN(C(=O)c2cccc(C#N)c2)CC1)c1cc(C(F)(F)F)ccn1. The lowest BCUT2D eigenvalue weighted by Crippen LogP contribution is -2.41. The smallest absolute Gasteiger partial charge is 0.359 e. The number of piperidine rings is 1. The fourth-order valence-corrected chi connectivity index (χ4v) is 3.51. The molecule has 1 saturated heterocycles. The zero-order chi connectivity index (χ0) is 21.0. The number of nitriles is 1. The third-order valence-electron chi connectivity index (χ3n) is 5.14. The molecule has 0 bridgehead atoms. The van der Waals surface area contributed by atoms with E-state index in [4.69, 9.17) is 5.26 Å². The van der Waals surface area contributed by atoms with Crippen molar-refractivity contribution in [3.63, 3.8) is 0 Å². The summed E-state index contributed by atoms with van der Waals surface area (Å²) in [6.45, 7) is 1.72. The van der Waals surface area contributed by atoms with Gasteiger partial charge in [0.25, 0.3) is 5.91 Å². The van der Waals surface area contributed by atoms with Gasteiger partial charge in [0.05, 0.1) is 17.2 Å². The molecule has 2 aromatic rings. The number of pyridine rings is 1. The Hall–Kier alpha value is -3.08. The van der Waals surface area contributed by atoms with Crippen molar-refractivity contribution in [1.82, 2.24) is 9.88 Å². The molecule has 8 heteroatoms. The maximum Gasteiger partial charge on any atom is 0.416 e. The number of hydrogen-bond donors (Lipinski definition) is 0. The molecule has 0 N–H and O–H groups in total. The number of carbonyl (C=O) groups is 1. The molecule has 1 aliphatic heterocycles. The number of amides is 1. The maximum atomic E-state index is 12.9. The van der Waals surface area contributed by atoms with Crippen molar-refractivity contribution >= 4 is 11.7 Å². The summed E-state index contributed by atoms with van der Waals surface area (Å²) in [6.07, 6.45) is -1.71. The van der Waals surface area contributed by atoms with Gasteiger partial charge in [0.2, 0.25) is 0 Å². The van der Waals surface area contributed by atoms with Gasteiger partial charge < -0.3 is 9.80 Å². The van der Waals surface area contributed by atoms with Gasteiger partial charge in [0.15, 0.2) is 0 Å². The van der Waals surface area contributed by atoms with Crippen molar-refractivity contribution in [2.45, 2.75) is 19.0 Å². The van der Waals surface area contributed by atoms with E-state index in [0.29, 0.717) is 30.8 Å². The second-order valence-electron chi connectivity index (χ2n) is 7.21. The number of hydrogen-bond acceptors (Lipinski definition) is 4. The van der Waals surface area contributed by atoms with Crippen LogP contribution in [0.4, 0.5) is 19.0 Å². The first kappa shape index (κ1) is 20.6. The molecule has 3 rings (SSSR count). The third-order valence-corrected chi connectivity index (χ3v) is 5.14. The molecule has 29 heavy (non-hydrogen) atoms. The number of likely N-dealkylation sites (tertiary alicyclic amines) is 1. The quantitative estimate of drug-likeness (QED) is 0.777. The Kier molecular flexibility index (Phi) is 6.06. The van der Waals surface area contributed by atoms with Gasteiger partial charge >= 0.3 is 6.18 Å². The average Bonchev–Trinajstić information content (AvgIpc) is 2.73. The van der Waals surface area contributed by atoms with E-state index >= 15 is 0 Å². The van der Waals surface area contributed by atoms with Crippen molar-refractivity contribution in [2.24, 2.45) is 5.92 Å². The summed E-state index contributed by atoms with van der Waals surface area (Å²) in [5.74, 6) is 0.436. The lowest BCUT2D eigenvalue weighted by molar-refractivity contribution is -0.137. The summed E-state index contributed by atoms with van der Waals surface area (Å²) in [5.41, 5.74) is 0.225. The van der Waals surface area contributed by atoms with Crippen LogP contribution in [-0.2, 0) is 6.18 Å². The summed E-state index contributed by atoms with van der Waals surface area (Å²) in [6, 6.07) is 10.7. The number of aromatic nitrogens is 1. The molecule has 2 heterocycles. The van der Waals surface area contributed by atoms with E-state index < -0.39 is 11.7 Å². The molecule has 0 radical (unpaired) electrons. The standard InChI is InChI=1S/C21H21F3N4O/c1-27(19-12-18(5-8-26-19)21(22,23)24)14-15-6-9-28(10-7-15)20(29)17-4-2-3-16(11-17)13-25/h2-5,8,11-12,15H,6-7,9-10,14H2,1H3. The number of halogens is 3. The van der Waals surface area contributed by atoms with Crippen LogP contribution in [0.3, 0.4) is 0 Å². The summed E-state index contributed by atoms with van der Waals surface area (Å²) in [5, 5.41) is 8.98. The molecule has 0 unspecified atom stereocenters. The predicted molar refractivity (Wildman–Crippen MR) is 102 cm³/mol. The minimum atomic E-state index is -4.40. The maximum absolute atomic E-state index is 12.9. The summed E-state index contributed by atoms with van der Waals surface area (Å²) < 4.78 is 38.7. The predicted octanol–water partition coefficient (Wildman–Crippen LogP) is 3.96. The highest BCUT2D eigenvalue weighted by molar-refractivity contribution is 5.94. The van der Waals surface area contributed by atoms with Crippen molar-refractivity contribution in [3.05, 3.63) is 59.3 Å². The number of anilines is 1. The molecular weight excluding hydrogens is 381 g/mol. The minimum Gasteiger partial charge on any atom is -0.359 e. The second kappa shape index (κ2) is 8.52. The van der Waals surface area contributed by atoms with Gasteiger partial charge in [-0.1, -0.05) is 6.07 Å². The zero-order valence-electron chi connectivity index (χ0n) is 16.0. The van der Waals surface area contributed by atoms with Crippen LogP contribution in [0.5, 0.6) is 0 Å². The minimum absolute atomic E-state index is 0.103. The van der Waals surface area contributed by atoms with E-state index in [0.717, 1.165) is 25.0 Å². The second-order valence-corrected chi connectivity index (χ2v) is 7.21. The first-order chi connectivity index (χ1) is 13.8. The average molecular weight is 402 g/mol. The molecule has 152 valence electrons. The fraction of sp³-hybridized carbons (Fsp3) is 0.381. The van der Waals surface area contributed by atoms with E-state index in [1.54, 1.807) is 41.1 Å². The van der Waals surface area contributed by atoms with Crippen LogP contribution in [0.1, 0.15) is 34.3 Å². The van der Waals surface area contributed by atoms with Crippen LogP contribution >= 0.6 is 0 Å². The third kappa shape index (κ3) is 5.05. The van der Waals surface area contributed by atoms with Gasteiger partial charge in [-0.3, -0.25) is 4.79 Å². The number of nitrogens with zero attached hydrogens (tertiary/aromatic N) is 4. The molecule has 0 aliphatic carbocycles. The molecule has 0 saturated carbocycles. The first-order valence-corrected chi connectivity index (χ1v) is 9.32. The van der Waals surface area contributed by atoms with Crippen molar-refractivity contribution < 1.29 is 18.0 Å². The molecule has 0 atom stereocenters. The Labute approximate surface area is 167 Å². The lowest BCUT2D eigenvalue weighted by atomic mass is 9.95. The van der Waals surface area contributed by atoms with Crippen LogP contribution in [0.2, 0.25) is 0 Å². The lowest BCUT2D eigenvalue weighted by Gasteiger charge is -2.34. The number of alkyl halides is 3. The summed E-state index contributed by atoms with van der Waals surface area (Å²) in [4.78, 5) is 20.2. The zero-order valence-corrected chi connectivity index (χ0v) is 16.0. The van der Waals surface area contributed by atoms with E-state index in [2.05, 4.69) is 4.98 Å². The van der Waals surface area contributed by atoms with Crippen LogP contribution in [0.15, 0.2) is 42.6 Å². The Morgan fingerprint density at radius 1 is 1.28 bits per heavy atom. The molecular formula is C21H21F3N4O. The highest BCUT2D eigenvalue weighted by atomic mass is 19.4. The van der Waals surface area contributed by atoms with Crippen LogP contribution in [0.25, 0.3) is 0 Å². The van der Waals surface area contributed by atoms with E-state index in [9.17, 15) is 18.0 Å². The van der Waals surface area contributed by atoms with E-state index in [1.807, 2.05) is 6.07 Å². The fourth-order valence-electron chi connectivity index (χ4n) is 3.51. The van der Waals surface area contributed by atoms with E-state index in [1.165, 1.54) is 6.20 Å². The highest BCUT2D eigenvalue weighted by Crippen LogP contribution is 2.31. The Balaban J connectivity index is 1.57. The number of rotatable bonds is 4. The largest absolute Gasteiger partial charge is 0.416 e. The Bertz CT molecular complexity index is 915. The van der Waals surface area contributed by atoms with E-state index in [-0.39, 0.29) is 17.6 Å². The molecule has 1 aromatic carbocycles. The van der Waals surface area contributed by atoms with Gasteiger partial charge in [-0.15, -0.1) is 0 Å². The van der Waals surface area contributed by atoms with Gasteiger partial charge in [-0.25, -0.2) is 4.98 Å². The Morgan fingerprint density at radius 3 is 2.66 bits per heavy atom. The molecule has 1 aliphatic rings. The van der Waals surface area contributed by atoms with Crippen molar-refractivity contribution in [3.8, 4) is 6.07 Å². The number of benzene rings is 1. The van der Waals surface area contributed by atoms with Gasteiger partial charge in [0, 0.05) is 38.4 Å². The van der Waals surface area contributed by atoms with Crippen LogP contribution in [0, 0.1) is 17.2 Å². The van der Waals surface area contributed by atoms with Crippen LogP contribution in [-0.4, -0.2) is 42.5 Å². The summed E-state index contributed by atoms with van der Waals surface area (Å²) >= 11 is 0. The number of carbonyl (C=O) groups excluding carboxylic acids is 1. The normalized spacial score (nSPS) is 15.1. The molecule has 5 nitrogen and oxygen atoms in total. The van der Waals surface area contributed by atoms with Gasteiger partial charge in [-0.05, 0) is 49.1 Å². The van der Waals surface area contributed by atoms with Crippen molar-refractivity contribution in [1.29, 1.82) is 5.26 Å². The highest BCUT2D eigenvalue weighted by Gasteiger charge is 2.31. The molecule has 1 aromatic heterocycles. The van der Waals surface area contributed by atoms with Crippen molar-refractivity contribution in [2.75, 3.05) is 31.6 Å². The molecule has 1 amide bonds. The topological polar surface area (TPSA) is 60.2 Å². The molecule has 0 spiro atoms.